The van der Waals surface area contributed by atoms with Crippen LogP contribution < -0.4 is 0 Å². The predicted octanol–water partition coefficient (Wildman–Crippen LogP) is 5.07. The molecule has 0 nitrogen and oxygen atoms in total. The van der Waals surface area contributed by atoms with Crippen molar-refractivity contribution in [1.82, 2.24) is 0 Å². The lowest BCUT2D eigenvalue weighted by Gasteiger charge is -2.30. The highest BCUT2D eigenvalue weighted by molar-refractivity contribution is 8.63. The average Bonchev–Trinajstić information content (AvgIpc) is 2.46. The highest BCUT2D eigenvalue weighted by atomic mass is 32.6. The Hall–Kier alpha value is 3.87. The summed E-state index contributed by atoms with van der Waals surface area (Å²) >= 11 is 0. The minimum atomic E-state index is 0.129. The summed E-state index contributed by atoms with van der Waals surface area (Å²) in [5.41, 5.74) is 1.00. The second-order valence-corrected chi connectivity index (χ2v) is 23.8. The average molecular weight is 344 g/mol. The molecule has 0 aromatic rings. The summed E-state index contributed by atoms with van der Waals surface area (Å²) in [4.78, 5) is 0. The maximum absolute atomic E-state index is 3.13. The maximum Gasteiger partial charge on any atom is 0.0175 e. The fourth-order valence-corrected chi connectivity index (χ4v) is 25.6. The summed E-state index contributed by atoms with van der Waals surface area (Å²) in [6, 6.07) is 0. The van der Waals surface area contributed by atoms with E-state index in [0.29, 0.717) is 0 Å². The largest absolute Gasteiger partial charge is 0.111 e. The van der Waals surface area contributed by atoms with E-state index in [-0.39, 0.29) is 22.2 Å². The molecule has 1 saturated heterocycles. The first-order valence-corrected chi connectivity index (χ1v) is 18.4. The van der Waals surface area contributed by atoms with E-state index in [4.69, 9.17) is 0 Å². The van der Waals surface area contributed by atoms with Crippen molar-refractivity contribution in [1.29, 1.82) is 0 Å². The molecule has 9 heteroatoms. The molecule has 0 saturated carbocycles. The van der Waals surface area contributed by atoms with Crippen LogP contribution in [0.1, 0.15) is 6.42 Å². The topological polar surface area (TPSA) is 0 Å². The molecule has 1 aliphatic heterocycles. The maximum atomic E-state index is 3.13. The van der Waals surface area contributed by atoms with Crippen LogP contribution in [0.3, 0.4) is 0 Å². The zero-order valence-corrected chi connectivity index (χ0v) is 16.8. The number of hydrogen-bond acceptors (Lipinski definition) is 0. The van der Waals surface area contributed by atoms with E-state index >= 15 is 0 Å². The molecule has 0 bridgehead atoms. The van der Waals surface area contributed by atoms with Gasteiger partial charge in [-0.05, 0) is 18.2 Å². The first kappa shape index (κ1) is 14.9. The molecule has 0 aromatic heterocycles. The summed E-state index contributed by atoms with van der Waals surface area (Å²) in [6.45, 7) is 0. The van der Waals surface area contributed by atoms with E-state index in [9.17, 15) is 0 Å². The van der Waals surface area contributed by atoms with Gasteiger partial charge in [0.25, 0.3) is 0 Å². The van der Waals surface area contributed by atoms with Gasteiger partial charge in [-0.15, -0.1) is 44.6 Å². The summed E-state index contributed by atoms with van der Waals surface area (Å²) < 4.78 is 0. The first-order valence-electron chi connectivity index (χ1n) is 3.88. The van der Waals surface area contributed by atoms with Crippen molar-refractivity contribution in [3.8, 4) is 0 Å². The fourth-order valence-electron chi connectivity index (χ4n) is 1.51. The van der Waals surface area contributed by atoms with Crippen LogP contribution in [-0.4, -0.2) is 17.2 Å². The monoisotopic (exact) mass is 344 g/mol. The van der Waals surface area contributed by atoms with Gasteiger partial charge in [-0.3, -0.25) is 0 Å². The zero-order valence-electron chi connectivity index (χ0n) is 7.30. The van der Waals surface area contributed by atoms with Crippen molar-refractivity contribution in [2.45, 2.75) is 17.5 Å². The smallest absolute Gasteiger partial charge is 0.0175 e. The molecule has 1 aliphatic rings. The van der Waals surface area contributed by atoms with Gasteiger partial charge in [0.2, 0.25) is 0 Å². The molecule has 13 heavy (non-hydrogen) atoms. The molecular formula is C4H17P9. The minimum Gasteiger partial charge on any atom is -0.111 e. The highest BCUT2D eigenvalue weighted by Gasteiger charge is 2.38. The predicted molar refractivity (Wildman–Crippen MR) is 94.7 cm³/mol. The van der Waals surface area contributed by atoms with Crippen molar-refractivity contribution in [3.05, 3.63) is 0 Å². The third-order valence-electron chi connectivity index (χ3n) is 2.18. The molecule has 10 unspecified atom stereocenters. The van der Waals surface area contributed by atoms with Gasteiger partial charge in [0, 0.05) is 5.40 Å². The number of rotatable bonds is 3. The Balaban J connectivity index is 2.65. The quantitative estimate of drug-likeness (QED) is 0.627. The van der Waals surface area contributed by atoms with Crippen molar-refractivity contribution >= 4 is 74.8 Å². The third-order valence-corrected chi connectivity index (χ3v) is 24.2. The molecule has 78 valence electrons. The normalized spacial score (nSPS) is 37.8. The van der Waals surface area contributed by atoms with Crippen LogP contribution in [-0.2, 0) is 0 Å². The van der Waals surface area contributed by atoms with Gasteiger partial charge in [-0.1, -0.05) is 30.2 Å². The van der Waals surface area contributed by atoms with Crippen LogP contribution in [0, 0.1) is 0 Å². The fraction of sp³-hybridized carbons (Fsp3) is 1.00. The van der Waals surface area contributed by atoms with E-state index in [0.717, 1.165) is 19.0 Å². The molecule has 0 N–H and O–H groups in total. The molecule has 1 rings (SSSR count). The summed E-state index contributed by atoms with van der Waals surface area (Å²) in [5, 5.41) is 1.04. The van der Waals surface area contributed by atoms with Gasteiger partial charge >= 0.3 is 0 Å². The SMILES string of the molecule is PPP(P)C1C(P(P)P)CCP1P. The zero-order chi connectivity index (χ0) is 10.0. The van der Waals surface area contributed by atoms with E-state index in [2.05, 4.69) is 44.6 Å². The Morgan fingerprint density at radius 3 is 2.38 bits per heavy atom. The van der Waals surface area contributed by atoms with Gasteiger partial charge < -0.3 is 0 Å². The van der Waals surface area contributed by atoms with Crippen molar-refractivity contribution in [2.24, 2.45) is 0 Å². The second-order valence-electron chi connectivity index (χ2n) is 2.99. The molecule has 0 amide bonds. The Kier molecular flexibility index (Phi) is 8.43. The molecule has 0 radical (unpaired) electrons. The standard InChI is InChI=1S/C4H17P9/c5-10-13(9)4-3(12(7)8)1-2-11(4)6/h3-4,10H,1-2,5-9H2. The van der Waals surface area contributed by atoms with E-state index < -0.39 is 0 Å². The van der Waals surface area contributed by atoms with Crippen LogP contribution in [0.15, 0.2) is 0 Å². The van der Waals surface area contributed by atoms with Gasteiger partial charge in [-0.25, -0.2) is 0 Å². The van der Waals surface area contributed by atoms with Crippen molar-refractivity contribution in [3.63, 3.8) is 0 Å². The summed E-state index contributed by atoms with van der Waals surface area (Å²) in [6.07, 6.45) is 2.96. The lowest BCUT2D eigenvalue weighted by atomic mass is 10.4. The molecular weight excluding hydrogens is 327 g/mol. The van der Waals surface area contributed by atoms with E-state index in [1.165, 1.54) is 12.6 Å². The highest BCUT2D eigenvalue weighted by Crippen LogP contribution is 2.84. The van der Waals surface area contributed by atoms with Gasteiger partial charge in [-0.2, -0.15) is 0 Å². The van der Waals surface area contributed by atoms with Crippen LogP contribution in [0.5, 0.6) is 0 Å². The Labute approximate surface area is 98.3 Å². The molecule has 1 heterocycles. The molecule has 0 spiro atoms. The molecule has 1 fully saturated rings. The van der Waals surface area contributed by atoms with Gasteiger partial charge in [0.15, 0.2) is 0 Å². The Morgan fingerprint density at radius 2 is 1.92 bits per heavy atom. The lowest BCUT2D eigenvalue weighted by molar-refractivity contribution is 0.942. The lowest BCUT2D eigenvalue weighted by Crippen LogP contribution is -2.07. The Morgan fingerprint density at radius 1 is 1.31 bits per heavy atom. The molecule has 0 aliphatic carbocycles. The van der Waals surface area contributed by atoms with Crippen LogP contribution >= 0.6 is 74.8 Å². The van der Waals surface area contributed by atoms with E-state index in [1.54, 1.807) is 0 Å². The number of hydrogen-bond donors (Lipinski definition) is 0. The van der Waals surface area contributed by atoms with Crippen molar-refractivity contribution in [2.75, 3.05) is 6.16 Å². The van der Waals surface area contributed by atoms with Gasteiger partial charge in [0.05, 0.1) is 0 Å². The minimum absolute atomic E-state index is 0.129. The third kappa shape index (κ3) is 4.23. The van der Waals surface area contributed by atoms with Crippen LogP contribution in [0.25, 0.3) is 0 Å². The second kappa shape index (κ2) is 7.34. The summed E-state index contributed by atoms with van der Waals surface area (Å²) in [7, 11) is 16.9. The Bertz CT molecular complexity index is 160. The van der Waals surface area contributed by atoms with Crippen LogP contribution in [0.2, 0.25) is 0 Å². The summed E-state index contributed by atoms with van der Waals surface area (Å²) in [5.74, 6) is 0. The molecule has 10 atom stereocenters. The first-order chi connectivity index (χ1) is 6.07. The van der Waals surface area contributed by atoms with Crippen molar-refractivity contribution < 1.29 is 0 Å². The van der Waals surface area contributed by atoms with Crippen LogP contribution in [0.4, 0.5) is 0 Å². The van der Waals surface area contributed by atoms with Gasteiger partial charge in [0.1, 0.15) is 0 Å². The van der Waals surface area contributed by atoms with E-state index in [1.807, 2.05) is 0 Å². The molecule has 0 aromatic carbocycles.